The predicted molar refractivity (Wildman–Crippen MR) is 59.1 cm³/mol. The second-order valence-electron chi connectivity index (χ2n) is 3.43. The van der Waals surface area contributed by atoms with Crippen molar-refractivity contribution in [1.29, 1.82) is 5.26 Å². The van der Waals surface area contributed by atoms with Gasteiger partial charge in [-0.15, -0.1) is 0 Å². The molecule has 15 heavy (non-hydrogen) atoms. The van der Waals surface area contributed by atoms with Crippen LogP contribution in [0.5, 0.6) is 0 Å². The van der Waals surface area contributed by atoms with E-state index >= 15 is 0 Å². The SMILES string of the molecule is COCc1ccccc1CNC(C)C#N. The second-order valence-corrected chi connectivity index (χ2v) is 3.43. The molecule has 0 aliphatic heterocycles. The van der Waals surface area contributed by atoms with Crippen LogP contribution >= 0.6 is 0 Å². The maximum atomic E-state index is 8.65. The van der Waals surface area contributed by atoms with E-state index in [1.165, 1.54) is 5.56 Å². The monoisotopic (exact) mass is 204 g/mol. The van der Waals surface area contributed by atoms with Crippen molar-refractivity contribution in [3.05, 3.63) is 35.4 Å². The molecule has 1 unspecified atom stereocenters. The van der Waals surface area contributed by atoms with Crippen LogP contribution < -0.4 is 5.32 Å². The number of methoxy groups -OCH3 is 1. The summed E-state index contributed by atoms with van der Waals surface area (Å²) in [5.41, 5.74) is 2.35. The highest BCUT2D eigenvalue weighted by molar-refractivity contribution is 5.26. The topological polar surface area (TPSA) is 45.0 Å². The van der Waals surface area contributed by atoms with Crippen LogP contribution in [-0.2, 0) is 17.9 Å². The molecule has 1 atom stereocenters. The Morgan fingerprint density at radius 1 is 1.40 bits per heavy atom. The summed E-state index contributed by atoms with van der Waals surface area (Å²) in [4.78, 5) is 0. The minimum atomic E-state index is -0.124. The summed E-state index contributed by atoms with van der Waals surface area (Å²) in [5, 5.41) is 11.8. The molecule has 3 heteroatoms. The van der Waals surface area contributed by atoms with Crippen LogP contribution in [0.15, 0.2) is 24.3 Å². The molecule has 0 heterocycles. The highest BCUT2D eigenvalue weighted by Crippen LogP contribution is 2.09. The predicted octanol–water partition coefficient (Wildman–Crippen LogP) is 1.83. The van der Waals surface area contributed by atoms with Crippen molar-refractivity contribution in [3.63, 3.8) is 0 Å². The average Bonchev–Trinajstić information content (AvgIpc) is 2.28. The summed E-state index contributed by atoms with van der Waals surface area (Å²) in [6, 6.07) is 10.1. The number of nitriles is 1. The van der Waals surface area contributed by atoms with Gasteiger partial charge in [-0.1, -0.05) is 24.3 Å². The van der Waals surface area contributed by atoms with Crippen LogP contribution in [0.3, 0.4) is 0 Å². The Bertz CT molecular complexity index is 344. The molecule has 0 spiro atoms. The fourth-order valence-electron chi connectivity index (χ4n) is 1.33. The molecule has 80 valence electrons. The number of rotatable bonds is 5. The van der Waals surface area contributed by atoms with Gasteiger partial charge in [-0.05, 0) is 18.1 Å². The van der Waals surface area contributed by atoms with E-state index < -0.39 is 0 Å². The van der Waals surface area contributed by atoms with Crippen LogP contribution in [0.1, 0.15) is 18.1 Å². The highest BCUT2D eigenvalue weighted by Gasteiger charge is 2.03. The van der Waals surface area contributed by atoms with Crippen LogP contribution in [-0.4, -0.2) is 13.2 Å². The van der Waals surface area contributed by atoms with Crippen molar-refractivity contribution in [3.8, 4) is 6.07 Å². The molecule has 0 saturated carbocycles. The Morgan fingerprint density at radius 3 is 2.67 bits per heavy atom. The Morgan fingerprint density at radius 2 is 2.07 bits per heavy atom. The normalized spacial score (nSPS) is 12.1. The smallest absolute Gasteiger partial charge is 0.0927 e. The van der Waals surface area contributed by atoms with Crippen molar-refractivity contribution in [2.45, 2.75) is 26.1 Å². The molecule has 3 nitrogen and oxygen atoms in total. The van der Waals surface area contributed by atoms with E-state index in [4.69, 9.17) is 10.00 Å². The number of ether oxygens (including phenoxy) is 1. The van der Waals surface area contributed by atoms with Gasteiger partial charge in [-0.25, -0.2) is 0 Å². The molecule has 0 aliphatic carbocycles. The number of hydrogen-bond acceptors (Lipinski definition) is 3. The quantitative estimate of drug-likeness (QED) is 0.796. The summed E-state index contributed by atoms with van der Waals surface area (Å²) >= 11 is 0. The van der Waals surface area contributed by atoms with Gasteiger partial charge < -0.3 is 4.74 Å². The molecular weight excluding hydrogens is 188 g/mol. The fraction of sp³-hybridized carbons (Fsp3) is 0.417. The number of nitrogens with zero attached hydrogens (tertiary/aromatic N) is 1. The summed E-state index contributed by atoms with van der Waals surface area (Å²) in [7, 11) is 1.68. The lowest BCUT2D eigenvalue weighted by Gasteiger charge is -2.10. The number of hydrogen-bond donors (Lipinski definition) is 1. The minimum absolute atomic E-state index is 0.124. The van der Waals surface area contributed by atoms with Gasteiger partial charge in [0.2, 0.25) is 0 Å². The van der Waals surface area contributed by atoms with Crippen LogP contribution in [0, 0.1) is 11.3 Å². The number of benzene rings is 1. The maximum Gasteiger partial charge on any atom is 0.0927 e. The third-order valence-corrected chi connectivity index (χ3v) is 2.21. The first-order chi connectivity index (χ1) is 7.27. The van der Waals surface area contributed by atoms with E-state index in [-0.39, 0.29) is 6.04 Å². The molecule has 1 aromatic carbocycles. The molecule has 0 fully saturated rings. The van der Waals surface area contributed by atoms with E-state index in [1.807, 2.05) is 31.2 Å². The first kappa shape index (κ1) is 11.7. The van der Waals surface area contributed by atoms with Gasteiger partial charge in [0, 0.05) is 13.7 Å². The van der Waals surface area contributed by atoms with E-state index in [2.05, 4.69) is 11.4 Å². The minimum Gasteiger partial charge on any atom is -0.380 e. The van der Waals surface area contributed by atoms with Gasteiger partial charge in [0.1, 0.15) is 0 Å². The van der Waals surface area contributed by atoms with Crippen molar-refractivity contribution in [2.24, 2.45) is 0 Å². The molecule has 1 aromatic rings. The molecule has 1 N–H and O–H groups in total. The third-order valence-electron chi connectivity index (χ3n) is 2.21. The molecule has 0 bridgehead atoms. The third kappa shape index (κ3) is 3.70. The van der Waals surface area contributed by atoms with E-state index in [0.29, 0.717) is 13.2 Å². The molecule has 0 radical (unpaired) electrons. The lowest BCUT2D eigenvalue weighted by Crippen LogP contribution is -2.24. The first-order valence-corrected chi connectivity index (χ1v) is 4.96. The van der Waals surface area contributed by atoms with Gasteiger partial charge in [0.25, 0.3) is 0 Å². The summed E-state index contributed by atoms with van der Waals surface area (Å²) in [5.74, 6) is 0. The van der Waals surface area contributed by atoms with Crippen LogP contribution in [0.4, 0.5) is 0 Å². The van der Waals surface area contributed by atoms with E-state index in [1.54, 1.807) is 7.11 Å². The van der Waals surface area contributed by atoms with Crippen molar-refractivity contribution in [2.75, 3.05) is 7.11 Å². The summed E-state index contributed by atoms with van der Waals surface area (Å²) in [6.45, 7) is 3.16. The standard InChI is InChI=1S/C12H16N2O/c1-10(7-13)14-8-11-5-3-4-6-12(11)9-15-2/h3-6,10,14H,8-9H2,1-2H3. The van der Waals surface area contributed by atoms with Gasteiger partial charge in [-0.3, -0.25) is 5.32 Å². The zero-order valence-electron chi connectivity index (χ0n) is 9.16. The molecule has 0 saturated heterocycles. The van der Waals surface area contributed by atoms with Crippen molar-refractivity contribution >= 4 is 0 Å². The first-order valence-electron chi connectivity index (χ1n) is 4.96. The Kier molecular flexibility index (Phi) is 4.82. The average molecular weight is 204 g/mol. The fourth-order valence-corrected chi connectivity index (χ4v) is 1.33. The van der Waals surface area contributed by atoms with Gasteiger partial charge in [0.05, 0.1) is 18.7 Å². The lowest BCUT2D eigenvalue weighted by atomic mass is 10.1. The van der Waals surface area contributed by atoms with E-state index in [0.717, 1.165) is 5.56 Å². The van der Waals surface area contributed by atoms with Crippen molar-refractivity contribution in [1.82, 2.24) is 5.32 Å². The zero-order valence-corrected chi connectivity index (χ0v) is 9.16. The van der Waals surface area contributed by atoms with Crippen LogP contribution in [0.25, 0.3) is 0 Å². The Balaban J connectivity index is 2.63. The maximum absolute atomic E-state index is 8.65. The molecule has 0 aliphatic rings. The molecule has 1 rings (SSSR count). The summed E-state index contributed by atoms with van der Waals surface area (Å²) in [6.07, 6.45) is 0. The molecule has 0 aromatic heterocycles. The lowest BCUT2D eigenvalue weighted by molar-refractivity contribution is 0.184. The Labute approximate surface area is 90.7 Å². The molecular formula is C12H16N2O. The zero-order chi connectivity index (χ0) is 11.1. The van der Waals surface area contributed by atoms with Gasteiger partial charge in [0.15, 0.2) is 0 Å². The highest BCUT2D eigenvalue weighted by atomic mass is 16.5. The van der Waals surface area contributed by atoms with Crippen LogP contribution in [0.2, 0.25) is 0 Å². The van der Waals surface area contributed by atoms with Gasteiger partial charge in [-0.2, -0.15) is 5.26 Å². The Hall–Kier alpha value is -1.37. The number of nitrogens with one attached hydrogen (secondary N) is 1. The van der Waals surface area contributed by atoms with E-state index in [9.17, 15) is 0 Å². The second kappa shape index (κ2) is 6.18. The van der Waals surface area contributed by atoms with Crippen molar-refractivity contribution < 1.29 is 4.74 Å². The van der Waals surface area contributed by atoms with Gasteiger partial charge >= 0.3 is 0 Å². The molecule has 0 amide bonds. The largest absolute Gasteiger partial charge is 0.380 e. The summed E-state index contributed by atoms with van der Waals surface area (Å²) < 4.78 is 5.11.